The smallest absolute Gasteiger partial charge is 0.332 e. The second kappa shape index (κ2) is 14.1. The van der Waals surface area contributed by atoms with Gasteiger partial charge in [0, 0.05) is 69.3 Å². The summed E-state index contributed by atoms with van der Waals surface area (Å²) >= 11 is 0. The quantitative estimate of drug-likeness (QED) is 0.282. The molecule has 0 aliphatic carbocycles. The number of likely N-dealkylation sites (tertiary alicyclic amines) is 1. The third-order valence-corrected chi connectivity index (χ3v) is 8.18. The van der Waals surface area contributed by atoms with Gasteiger partial charge in [0.1, 0.15) is 17.4 Å². The fraction of sp³-hybridized carbons (Fsp3) is 0.424. The van der Waals surface area contributed by atoms with E-state index in [-0.39, 0.29) is 49.0 Å². The first kappa shape index (κ1) is 32.6. The van der Waals surface area contributed by atoms with Gasteiger partial charge in [-0.05, 0) is 62.9 Å². The number of rotatable bonds is 13. The number of hydrogen-bond donors (Lipinski definition) is 0. The highest BCUT2D eigenvalue weighted by Gasteiger charge is 2.27. The molecule has 1 aromatic carbocycles. The number of nitrogens with zero attached hydrogens (tertiary/aromatic N) is 6. The summed E-state index contributed by atoms with van der Waals surface area (Å²) in [6.07, 6.45) is 4.71. The molecule has 3 aromatic rings. The van der Waals surface area contributed by atoms with E-state index < -0.39 is 28.8 Å². The van der Waals surface area contributed by atoms with Crippen molar-refractivity contribution in [3.05, 3.63) is 85.7 Å². The second-order valence-electron chi connectivity index (χ2n) is 11.6. The van der Waals surface area contributed by atoms with E-state index in [9.17, 15) is 32.8 Å². The van der Waals surface area contributed by atoms with Crippen molar-refractivity contribution in [3.8, 4) is 0 Å². The van der Waals surface area contributed by atoms with E-state index in [1.165, 1.54) is 33.2 Å². The molecule has 46 heavy (non-hydrogen) atoms. The minimum Gasteiger partial charge on any atom is -0.343 e. The summed E-state index contributed by atoms with van der Waals surface area (Å²) in [5.74, 6) is -2.17. The Morgan fingerprint density at radius 2 is 1.78 bits per heavy atom. The number of hydrogen-bond acceptors (Lipinski definition) is 7. The Labute approximate surface area is 264 Å². The maximum Gasteiger partial charge on any atom is 0.332 e. The van der Waals surface area contributed by atoms with E-state index in [4.69, 9.17) is 0 Å². The van der Waals surface area contributed by atoms with Gasteiger partial charge in [0.2, 0.25) is 5.91 Å². The van der Waals surface area contributed by atoms with Crippen LogP contribution in [-0.4, -0.2) is 62.0 Å². The van der Waals surface area contributed by atoms with Crippen molar-refractivity contribution in [3.63, 3.8) is 0 Å². The molecule has 4 heterocycles. The Hall–Kier alpha value is -4.81. The third-order valence-electron chi connectivity index (χ3n) is 8.18. The summed E-state index contributed by atoms with van der Waals surface area (Å²) in [4.78, 5) is 75.9. The molecule has 0 saturated carbocycles. The number of Topliss-reactive ketones (excluding diaryl/α,β-unsaturated/α-hetero) is 1. The normalized spacial score (nSPS) is 14.0. The van der Waals surface area contributed by atoms with Gasteiger partial charge in [0.05, 0.1) is 11.3 Å². The lowest BCUT2D eigenvalue weighted by molar-refractivity contribution is -0.127. The predicted molar refractivity (Wildman–Crippen MR) is 168 cm³/mol. The largest absolute Gasteiger partial charge is 0.343 e. The van der Waals surface area contributed by atoms with Gasteiger partial charge in [0.15, 0.2) is 11.6 Å². The van der Waals surface area contributed by atoms with Crippen molar-refractivity contribution in [2.45, 2.75) is 71.9 Å². The van der Waals surface area contributed by atoms with Crippen LogP contribution in [0, 0.1) is 11.6 Å². The van der Waals surface area contributed by atoms with Gasteiger partial charge in [-0.3, -0.25) is 28.4 Å². The third kappa shape index (κ3) is 6.87. The summed E-state index contributed by atoms with van der Waals surface area (Å²) in [6.45, 7) is 5.16. The Morgan fingerprint density at radius 1 is 0.978 bits per heavy atom. The highest BCUT2D eigenvalue weighted by molar-refractivity contribution is 6.07. The zero-order chi connectivity index (χ0) is 33.0. The monoisotopic (exact) mass is 634 g/mol. The van der Waals surface area contributed by atoms with Crippen LogP contribution in [0.2, 0.25) is 0 Å². The number of halogens is 2. The minimum atomic E-state index is -1.14. The molecule has 2 aliphatic rings. The van der Waals surface area contributed by atoms with Crippen molar-refractivity contribution in [2.75, 3.05) is 24.5 Å². The van der Waals surface area contributed by atoms with Crippen molar-refractivity contribution >= 4 is 34.9 Å². The van der Waals surface area contributed by atoms with Gasteiger partial charge in [0.25, 0.3) is 11.5 Å². The van der Waals surface area contributed by atoms with Gasteiger partial charge in [-0.1, -0.05) is 6.92 Å². The van der Waals surface area contributed by atoms with Gasteiger partial charge >= 0.3 is 5.69 Å². The lowest BCUT2D eigenvalue weighted by atomic mass is 10.1. The van der Waals surface area contributed by atoms with Gasteiger partial charge in [-0.15, -0.1) is 0 Å². The van der Waals surface area contributed by atoms with Gasteiger partial charge < -0.3 is 9.69 Å². The number of anilines is 1. The van der Waals surface area contributed by atoms with Crippen LogP contribution in [-0.2, 0) is 29.1 Å². The van der Waals surface area contributed by atoms with Crippen LogP contribution in [0.4, 0.5) is 20.4 Å². The number of aromatic nitrogens is 3. The number of fused-ring (bicyclic) bond motifs is 1. The number of ketones is 1. The summed E-state index contributed by atoms with van der Waals surface area (Å²) in [5.41, 5.74) is 0.560. The van der Waals surface area contributed by atoms with E-state index in [0.29, 0.717) is 68.0 Å². The molecule has 0 unspecified atom stereocenters. The summed E-state index contributed by atoms with van der Waals surface area (Å²) in [7, 11) is 0. The number of carbonyl (C=O) groups is 3. The fourth-order valence-electron chi connectivity index (χ4n) is 5.82. The molecule has 2 amide bonds. The average molecular weight is 635 g/mol. The van der Waals surface area contributed by atoms with E-state index in [0.717, 1.165) is 18.6 Å². The predicted octanol–water partition coefficient (Wildman–Crippen LogP) is 3.80. The Balaban J connectivity index is 1.41. The zero-order valence-corrected chi connectivity index (χ0v) is 25.9. The number of benzene rings is 1. The Kier molecular flexibility index (Phi) is 9.98. The topological polar surface area (TPSA) is 127 Å². The highest BCUT2D eigenvalue weighted by atomic mass is 19.2. The Bertz CT molecular complexity index is 1810. The highest BCUT2D eigenvalue weighted by Crippen LogP contribution is 2.27. The molecule has 0 radical (unpaired) electrons. The maximum absolute atomic E-state index is 14.0. The molecule has 11 nitrogen and oxygen atoms in total. The van der Waals surface area contributed by atoms with Crippen molar-refractivity contribution in [1.29, 1.82) is 0 Å². The molecular weight excluding hydrogens is 598 g/mol. The molecule has 0 bridgehead atoms. The molecule has 1 fully saturated rings. The van der Waals surface area contributed by atoms with E-state index >= 15 is 0 Å². The molecule has 1 saturated heterocycles. The average Bonchev–Trinajstić information content (AvgIpc) is 3.67. The number of pyridine rings is 1. The molecule has 5 rings (SSSR count). The van der Waals surface area contributed by atoms with E-state index in [2.05, 4.69) is 9.98 Å². The lowest BCUT2D eigenvalue weighted by Gasteiger charge is -2.24. The number of amides is 2. The molecule has 13 heteroatoms. The van der Waals surface area contributed by atoms with Crippen molar-refractivity contribution < 1.29 is 23.2 Å². The Morgan fingerprint density at radius 3 is 2.43 bits per heavy atom. The fourth-order valence-corrected chi connectivity index (χ4v) is 5.82. The van der Waals surface area contributed by atoms with Crippen LogP contribution in [0.25, 0.3) is 0 Å². The van der Waals surface area contributed by atoms with E-state index in [1.54, 1.807) is 17.0 Å². The molecule has 0 atom stereocenters. The van der Waals surface area contributed by atoms with Crippen molar-refractivity contribution in [2.24, 2.45) is 4.99 Å². The lowest BCUT2D eigenvalue weighted by Crippen LogP contribution is -2.41. The molecular formula is C33H36F2N6O5. The molecule has 0 spiro atoms. The molecule has 2 aliphatic heterocycles. The molecule has 242 valence electrons. The van der Waals surface area contributed by atoms with E-state index in [1.807, 2.05) is 6.92 Å². The van der Waals surface area contributed by atoms with Crippen LogP contribution in [0.5, 0.6) is 0 Å². The SMILES string of the molecule is CCCn1c2c(c(=O)n(CCCC(C)=O)c1=O)CC(c1ccc(N(CCCN3CCCC3=O)C(=O)c3ccc(F)c(F)c3)nc1)=N2. The minimum absolute atomic E-state index is 0.0172. The standard InChI is InChI=1S/C33H36F2N6O5/c1-3-13-40-30-24(32(45)41(33(40)46)16-4-7-21(2)42)19-27(37-30)23-10-12-28(36-20-23)39(17-6-15-38-14-5-8-29(38)43)31(44)22-9-11-25(34)26(35)18-22/h9-12,18,20H,3-8,13-17,19H2,1-2H3. The van der Waals surface area contributed by atoms with Crippen LogP contribution < -0.4 is 16.1 Å². The van der Waals surface area contributed by atoms with Crippen LogP contribution in [0.15, 0.2) is 51.1 Å². The molecule has 0 N–H and O–H groups in total. The molecule has 2 aromatic heterocycles. The van der Waals surface area contributed by atoms with Crippen molar-refractivity contribution in [1.82, 2.24) is 19.0 Å². The van der Waals surface area contributed by atoms with Gasteiger partial charge in [-0.2, -0.15) is 0 Å². The number of aliphatic imine (C=N–C) groups is 1. The second-order valence-corrected chi connectivity index (χ2v) is 11.6. The van der Waals surface area contributed by atoms with Gasteiger partial charge in [-0.25, -0.2) is 23.6 Å². The zero-order valence-electron chi connectivity index (χ0n) is 25.9. The summed E-state index contributed by atoms with van der Waals surface area (Å²) in [6, 6.07) is 6.26. The van der Waals surface area contributed by atoms with Crippen LogP contribution in [0.1, 0.15) is 73.9 Å². The van der Waals surface area contributed by atoms with Crippen LogP contribution in [0.3, 0.4) is 0 Å². The number of carbonyl (C=O) groups excluding carboxylic acids is 3. The van der Waals surface area contributed by atoms with Crippen LogP contribution >= 0.6 is 0 Å². The first-order valence-corrected chi connectivity index (χ1v) is 15.5. The summed E-state index contributed by atoms with van der Waals surface area (Å²) < 4.78 is 30.3. The summed E-state index contributed by atoms with van der Waals surface area (Å²) in [5, 5.41) is 0. The maximum atomic E-state index is 14.0. The first-order valence-electron chi connectivity index (χ1n) is 15.5. The first-order chi connectivity index (χ1) is 22.1.